The van der Waals surface area contributed by atoms with Gasteiger partial charge in [-0.25, -0.2) is 8.78 Å². The number of fused-ring (bicyclic) bond motifs is 2. The molecule has 0 radical (unpaired) electrons. The third kappa shape index (κ3) is 2.83. The summed E-state index contributed by atoms with van der Waals surface area (Å²) in [5.41, 5.74) is -0.466. The number of carbonyl (C=O) groups excluding carboxylic acids is 1. The Morgan fingerprint density at radius 1 is 1.24 bits per heavy atom. The summed E-state index contributed by atoms with van der Waals surface area (Å²) in [5, 5.41) is 3.49. The van der Waals surface area contributed by atoms with Gasteiger partial charge >= 0.3 is 0 Å². The lowest BCUT2D eigenvalue weighted by Crippen LogP contribution is -2.49. The van der Waals surface area contributed by atoms with Gasteiger partial charge in [-0.3, -0.25) is 4.79 Å². The van der Waals surface area contributed by atoms with Crippen molar-refractivity contribution in [3.63, 3.8) is 0 Å². The number of nitrogens with one attached hydrogen (secondary N) is 1. The van der Waals surface area contributed by atoms with E-state index in [1.54, 1.807) is 7.05 Å². The van der Waals surface area contributed by atoms with Gasteiger partial charge in [0.2, 0.25) is 0 Å². The molecule has 0 aliphatic carbocycles. The number of hydrogen-bond donors (Lipinski definition) is 1. The van der Waals surface area contributed by atoms with Crippen molar-refractivity contribution in [1.29, 1.82) is 0 Å². The molecule has 1 amide bonds. The zero-order valence-corrected chi connectivity index (χ0v) is 13.3. The van der Waals surface area contributed by atoms with E-state index >= 15 is 0 Å². The van der Waals surface area contributed by atoms with Gasteiger partial charge < -0.3 is 10.2 Å². The van der Waals surface area contributed by atoms with Crippen LogP contribution in [-0.2, 0) is 0 Å². The molecule has 1 aromatic carbocycles. The number of amides is 1. The molecular weight excluding hydrogens is 342 g/mol. The van der Waals surface area contributed by atoms with Gasteiger partial charge in [0, 0.05) is 29.6 Å². The van der Waals surface area contributed by atoms with Crippen LogP contribution in [0, 0.1) is 11.6 Å². The van der Waals surface area contributed by atoms with E-state index in [1.165, 1.54) is 4.90 Å². The minimum Gasteiger partial charge on any atom is -0.338 e. The molecule has 3 rings (SSSR count). The predicted octanol–water partition coefficient (Wildman–Crippen LogP) is 3.08. The summed E-state index contributed by atoms with van der Waals surface area (Å²) in [6.07, 6.45) is 3.92. The van der Waals surface area contributed by atoms with Crippen molar-refractivity contribution in [3.05, 3.63) is 33.8 Å². The van der Waals surface area contributed by atoms with Crippen LogP contribution in [0.2, 0.25) is 0 Å². The minimum atomic E-state index is -0.823. The summed E-state index contributed by atoms with van der Waals surface area (Å²) < 4.78 is 28.1. The zero-order chi connectivity index (χ0) is 15.1. The van der Waals surface area contributed by atoms with Gasteiger partial charge in [-0.1, -0.05) is 15.9 Å². The van der Waals surface area contributed by atoms with Crippen molar-refractivity contribution in [1.82, 2.24) is 10.2 Å². The first kappa shape index (κ1) is 14.9. The number of rotatable bonds is 2. The van der Waals surface area contributed by atoms with Crippen LogP contribution in [0.3, 0.4) is 0 Å². The summed E-state index contributed by atoms with van der Waals surface area (Å²) in [4.78, 5) is 13.9. The number of hydrogen-bond acceptors (Lipinski definition) is 2. The molecule has 2 aliphatic heterocycles. The Hall–Kier alpha value is -1.01. The van der Waals surface area contributed by atoms with Crippen LogP contribution in [0.1, 0.15) is 36.0 Å². The first-order valence-electron chi connectivity index (χ1n) is 7.13. The van der Waals surface area contributed by atoms with Crippen LogP contribution in [0.15, 0.2) is 16.6 Å². The summed E-state index contributed by atoms with van der Waals surface area (Å²) in [6.45, 7) is 0. The van der Waals surface area contributed by atoms with E-state index < -0.39 is 23.1 Å². The predicted molar refractivity (Wildman–Crippen MR) is 79.1 cm³/mol. The molecule has 1 aromatic rings. The summed E-state index contributed by atoms with van der Waals surface area (Å²) in [5.74, 6) is -2.23. The Bertz CT molecular complexity index is 546. The molecule has 21 heavy (non-hydrogen) atoms. The van der Waals surface area contributed by atoms with Gasteiger partial charge in [-0.05, 0) is 37.8 Å². The second-order valence-corrected chi connectivity index (χ2v) is 6.84. The van der Waals surface area contributed by atoms with E-state index in [9.17, 15) is 13.6 Å². The van der Waals surface area contributed by atoms with Crippen molar-refractivity contribution in [2.24, 2.45) is 0 Å². The molecule has 0 saturated carbocycles. The number of nitrogens with zero attached hydrogens (tertiary/aromatic N) is 1. The first-order chi connectivity index (χ1) is 9.95. The highest BCUT2D eigenvalue weighted by Gasteiger charge is 2.37. The highest BCUT2D eigenvalue weighted by molar-refractivity contribution is 9.10. The van der Waals surface area contributed by atoms with Gasteiger partial charge in [0.1, 0.15) is 17.2 Å². The Morgan fingerprint density at radius 2 is 1.76 bits per heavy atom. The lowest BCUT2D eigenvalue weighted by molar-refractivity contribution is 0.0672. The molecule has 3 nitrogen and oxygen atoms in total. The molecule has 2 bridgehead atoms. The monoisotopic (exact) mass is 358 g/mol. The van der Waals surface area contributed by atoms with Crippen LogP contribution in [0.25, 0.3) is 0 Å². The maximum absolute atomic E-state index is 13.9. The van der Waals surface area contributed by atoms with Crippen LogP contribution < -0.4 is 5.32 Å². The summed E-state index contributed by atoms with van der Waals surface area (Å²) >= 11 is 3.02. The molecular formula is C15H17BrF2N2O. The van der Waals surface area contributed by atoms with Crippen molar-refractivity contribution in [2.75, 3.05) is 7.05 Å². The molecule has 1 N–H and O–H groups in total. The topological polar surface area (TPSA) is 32.3 Å². The summed E-state index contributed by atoms with van der Waals surface area (Å²) in [7, 11) is 1.64. The quantitative estimate of drug-likeness (QED) is 0.880. The second-order valence-electron chi connectivity index (χ2n) is 5.92. The molecule has 0 aromatic heterocycles. The maximum Gasteiger partial charge on any atom is 0.259 e. The number of benzene rings is 1. The third-order valence-electron chi connectivity index (χ3n) is 4.54. The van der Waals surface area contributed by atoms with Crippen LogP contribution in [-0.4, -0.2) is 36.0 Å². The lowest BCUT2D eigenvalue weighted by atomic mass is 9.98. The van der Waals surface area contributed by atoms with Crippen LogP contribution in [0.5, 0.6) is 0 Å². The van der Waals surface area contributed by atoms with E-state index in [4.69, 9.17) is 0 Å². The molecule has 2 saturated heterocycles. The minimum absolute atomic E-state index is 0.0405. The number of halogens is 3. The fourth-order valence-electron chi connectivity index (χ4n) is 3.43. The molecule has 2 heterocycles. The largest absolute Gasteiger partial charge is 0.338 e. The van der Waals surface area contributed by atoms with Gasteiger partial charge in [0.25, 0.3) is 5.91 Å². The van der Waals surface area contributed by atoms with Crippen molar-refractivity contribution in [3.8, 4) is 0 Å². The fourth-order valence-corrected chi connectivity index (χ4v) is 3.83. The number of piperidine rings is 1. The van der Waals surface area contributed by atoms with Gasteiger partial charge in [-0.2, -0.15) is 0 Å². The van der Waals surface area contributed by atoms with Crippen LogP contribution in [0.4, 0.5) is 8.78 Å². The Balaban J connectivity index is 1.82. The first-order valence-corrected chi connectivity index (χ1v) is 7.92. The van der Waals surface area contributed by atoms with Gasteiger partial charge in [0.15, 0.2) is 0 Å². The lowest BCUT2D eigenvalue weighted by Gasteiger charge is -2.35. The van der Waals surface area contributed by atoms with E-state index in [-0.39, 0.29) is 10.5 Å². The van der Waals surface area contributed by atoms with Crippen molar-refractivity contribution < 1.29 is 13.6 Å². The molecule has 2 aliphatic rings. The molecule has 6 heteroatoms. The third-order valence-corrected chi connectivity index (χ3v) is 4.99. The smallest absolute Gasteiger partial charge is 0.259 e. The molecule has 2 unspecified atom stereocenters. The highest BCUT2D eigenvalue weighted by Crippen LogP contribution is 2.30. The van der Waals surface area contributed by atoms with Crippen LogP contribution >= 0.6 is 15.9 Å². The maximum atomic E-state index is 13.9. The SMILES string of the molecule is CN(C(=O)c1c(F)cc(Br)cc1F)C1CC2CCC(C1)N2. The van der Waals surface area contributed by atoms with Gasteiger partial charge in [0.05, 0.1) is 0 Å². The molecule has 114 valence electrons. The molecule has 2 atom stereocenters. The average molecular weight is 359 g/mol. The highest BCUT2D eigenvalue weighted by atomic mass is 79.9. The Kier molecular flexibility index (Phi) is 4.01. The normalized spacial score (nSPS) is 27.7. The molecule has 0 spiro atoms. The zero-order valence-electron chi connectivity index (χ0n) is 11.7. The van der Waals surface area contributed by atoms with E-state index in [0.717, 1.165) is 37.8 Å². The van der Waals surface area contributed by atoms with E-state index in [0.29, 0.717) is 12.1 Å². The van der Waals surface area contributed by atoms with E-state index in [2.05, 4.69) is 21.2 Å². The van der Waals surface area contributed by atoms with Crippen molar-refractivity contribution in [2.45, 2.75) is 43.8 Å². The Labute approximate surface area is 130 Å². The molecule has 2 fully saturated rings. The van der Waals surface area contributed by atoms with E-state index in [1.807, 2.05) is 0 Å². The summed E-state index contributed by atoms with van der Waals surface area (Å²) in [6, 6.07) is 3.12. The number of carbonyl (C=O) groups is 1. The fraction of sp³-hybridized carbons (Fsp3) is 0.533. The standard InChI is InChI=1S/C15H17BrF2N2O/c1-20(11-6-9-2-3-10(7-11)19-9)15(21)14-12(17)4-8(16)5-13(14)18/h4-5,9-11,19H,2-3,6-7H2,1H3. The average Bonchev–Trinajstić information content (AvgIpc) is 2.75. The van der Waals surface area contributed by atoms with Gasteiger partial charge in [-0.15, -0.1) is 0 Å². The van der Waals surface area contributed by atoms with Crippen molar-refractivity contribution >= 4 is 21.8 Å². The Morgan fingerprint density at radius 3 is 2.29 bits per heavy atom. The second kappa shape index (κ2) is 5.65.